The molecule has 0 aromatic carbocycles. The van der Waals surface area contributed by atoms with Gasteiger partial charge in [-0.05, 0) is 45.2 Å². The molecule has 1 amide bonds. The topological polar surface area (TPSA) is 77.0 Å². The Bertz CT molecular complexity index is 957. The number of hydrogen-bond donors (Lipinski definition) is 0. The van der Waals surface area contributed by atoms with Gasteiger partial charge in [0.25, 0.3) is 0 Å². The Balaban J connectivity index is 1.43. The van der Waals surface area contributed by atoms with Crippen molar-refractivity contribution >= 4 is 5.91 Å². The third-order valence-electron chi connectivity index (χ3n) is 5.58. The smallest absolute Gasteiger partial charge is 0.227 e. The summed E-state index contributed by atoms with van der Waals surface area (Å²) in [5.41, 5.74) is 3.91. The predicted molar refractivity (Wildman–Crippen MR) is 105 cm³/mol. The molecular weight excluding hydrogens is 354 g/mol. The van der Waals surface area contributed by atoms with E-state index in [-0.39, 0.29) is 5.91 Å². The molecule has 3 aromatic rings. The molecule has 4 heterocycles. The molecule has 1 atom stereocenters. The summed E-state index contributed by atoms with van der Waals surface area (Å²) < 4.78 is 7.44. The minimum Gasteiger partial charge on any atom is -0.361 e. The number of carbonyl (C=O) groups is 1. The van der Waals surface area contributed by atoms with Gasteiger partial charge in [-0.1, -0.05) is 5.16 Å². The maximum Gasteiger partial charge on any atom is 0.227 e. The molecule has 146 valence electrons. The number of aromatic nitrogens is 4. The van der Waals surface area contributed by atoms with E-state index in [2.05, 4.69) is 26.6 Å². The number of amides is 1. The van der Waals surface area contributed by atoms with Crippen molar-refractivity contribution < 1.29 is 9.32 Å². The van der Waals surface area contributed by atoms with Gasteiger partial charge in [0.05, 0.1) is 12.1 Å². The van der Waals surface area contributed by atoms with E-state index in [0.717, 1.165) is 60.2 Å². The molecule has 1 fully saturated rings. The van der Waals surface area contributed by atoms with Gasteiger partial charge >= 0.3 is 0 Å². The minimum absolute atomic E-state index is 0.147. The van der Waals surface area contributed by atoms with E-state index in [0.29, 0.717) is 12.3 Å². The zero-order valence-corrected chi connectivity index (χ0v) is 16.6. The zero-order chi connectivity index (χ0) is 19.7. The standard InChI is InChI=1S/C21H25N5O2/c1-14-11-23-21(18-4-7-22-8-5-18)26(14)13-17-6-9-25(12-17)20(27)10-19-15(2)24-28-16(19)3/h4-5,7-8,11,17H,6,9-10,12-13H2,1-3H3. The zero-order valence-electron chi connectivity index (χ0n) is 16.6. The fourth-order valence-corrected chi connectivity index (χ4v) is 3.91. The van der Waals surface area contributed by atoms with E-state index in [9.17, 15) is 4.79 Å². The van der Waals surface area contributed by atoms with Crippen LogP contribution in [-0.4, -0.2) is 43.6 Å². The van der Waals surface area contributed by atoms with E-state index in [1.807, 2.05) is 37.1 Å². The molecule has 4 rings (SSSR count). The van der Waals surface area contributed by atoms with Crippen LogP contribution in [0.3, 0.4) is 0 Å². The third kappa shape index (κ3) is 3.56. The third-order valence-corrected chi connectivity index (χ3v) is 5.58. The number of carbonyl (C=O) groups excluding carboxylic acids is 1. The van der Waals surface area contributed by atoms with E-state index < -0.39 is 0 Å². The molecule has 0 radical (unpaired) electrons. The number of nitrogens with zero attached hydrogens (tertiary/aromatic N) is 5. The van der Waals surface area contributed by atoms with Gasteiger partial charge in [-0.15, -0.1) is 0 Å². The summed E-state index contributed by atoms with van der Waals surface area (Å²) in [5, 5.41) is 3.95. The molecule has 28 heavy (non-hydrogen) atoms. The number of aryl methyl sites for hydroxylation is 3. The van der Waals surface area contributed by atoms with Crippen molar-refractivity contribution in [1.29, 1.82) is 0 Å². The van der Waals surface area contributed by atoms with Crippen LogP contribution in [0.5, 0.6) is 0 Å². The lowest BCUT2D eigenvalue weighted by Crippen LogP contribution is -2.31. The molecule has 7 nitrogen and oxygen atoms in total. The van der Waals surface area contributed by atoms with Gasteiger partial charge in [-0.25, -0.2) is 4.98 Å². The van der Waals surface area contributed by atoms with Gasteiger partial charge in [0.1, 0.15) is 11.6 Å². The largest absolute Gasteiger partial charge is 0.361 e. The molecule has 7 heteroatoms. The SMILES string of the molecule is Cc1noc(C)c1CC(=O)N1CCC(Cn2c(C)cnc2-c2ccncc2)C1. The van der Waals surface area contributed by atoms with E-state index in [1.54, 1.807) is 12.4 Å². The Kier molecular flexibility index (Phi) is 4.98. The molecule has 0 aliphatic carbocycles. The van der Waals surface area contributed by atoms with Crippen LogP contribution in [0.25, 0.3) is 11.4 Å². The summed E-state index contributed by atoms with van der Waals surface area (Å²) in [6.07, 6.45) is 6.84. The Morgan fingerprint density at radius 3 is 2.75 bits per heavy atom. The van der Waals surface area contributed by atoms with Gasteiger partial charge in [-0.2, -0.15) is 0 Å². The highest BCUT2D eigenvalue weighted by Gasteiger charge is 2.28. The molecule has 1 aliphatic heterocycles. The molecule has 0 bridgehead atoms. The van der Waals surface area contributed by atoms with Crippen LogP contribution < -0.4 is 0 Å². The second-order valence-corrected chi connectivity index (χ2v) is 7.54. The van der Waals surface area contributed by atoms with Crippen molar-refractivity contribution in [3.05, 3.63) is 53.4 Å². The van der Waals surface area contributed by atoms with Gasteiger partial charge in [0.15, 0.2) is 0 Å². The van der Waals surface area contributed by atoms with Gasteiger partial charge in [0, 0.05) is 55.0 Å². The average Bonchev–Trinajstić information content (AvgIpc) is 3.39. The molecule has 0 spiro atoms. The molecule has 1 unspecified atom stereocenters. The van der Waals surface area contributed by atoms with Gasteiger partial charge in [-0.3, -0.25) is 9.78 Å². The summed E-state index contributed by atoms with van der Waals surface area (Å²) in [6, 6.07) is 3.96. The maximum atomic E-state index is 12.8. The molecule has 1 aliphatic rings. The van der Waals surface area contributed by atoms with Crippen LogP contribution in [0, 0.1) is 26.7 Å². The fourth-order valence-electron chi connectivity index (χ4n) is 3.91. The summed E-state index contributed by atoms with van der Waals surface area (Å²) in [6.45, 7) is 8.25. The predicted octanol–water partition coefficient (Wildman–Crippen LogP) is 2.95. The van der Waals surface area contributed by atoms with Crippen LogP contribution in [0.4, 0.5) is 0 Å². The van der Waals surface area contributed by atoms with Crippen LogP contribution in [0.15, 0.2) is 35.2 Å². The first-order valence-corrected chi connectivity index (χ1v) is 9.65. The van der Waals surface area contributed by atoms with E-state index >= 15 is 0 Å². The first kappa shape index (κ1) is 18.4. The van der Waals surface area contributed by atoms with Crippen LogP contribution in [-0.2, 0) is 17.8 Å². The Hall–Kier alpha value is -2.96. The Morgan fingerprint density at radius 2 is 2.04 bits per heavy atom. The number of pyridine rings is 1. The van der Waals surface area contributed by atoms with Crippen molar-refractivity contribution in [2.45, 2.75) is 40.2 Å². The van der Waals surface area contributed by atoms with Crippen molar-refractivity contribution in [3.63, 3.8) is 0 Å². The minimum atomic E-state index is 0.147. The molecule has 1 saturated heterocycles. The second kappa shape index (κ2) is 7.58. The molecular formula is C21H25N5O2. The lowest BCUT2D eigenvalue weighted by atomic mass is 10.1. The number of hydrogen-bond acceptors (Lipinski definition) is 5. The quantitative estimate of drug-likeness (QED) is 0.681. The summed E-state index contributed by atoms with van der Waals surface area (Å²) in [5.74, 6) is 2.26. The summed E-state index contributed by atoms with van der Waals surface area (Å²) in [7, 11) is 0. The van der Waals surface area contributed by atoms with Crippen molar-refractivity contribution in [2.75, 3.05) is 13.1 Å². The van der Waals surface area contributed by atoms with Crippen LogP contribution in [0.1, 0.15) is 29.1 Å². The highest BCUT2D eigenvalue weighted by atomic mass is 16.5. The van der Waals surface area contributed by atoms with Gasteiger partial charge in [0.2, 0.25) is 5.91 Å². The number of rotatable bonds is 5. The monoisotopic (exact) mass is 379 g/mol. The normalized spacial score (nSPS) is 16.7. The highest BCUT2D eigenvalue weighted by molar-refractivity contribution is 5.79. The van der Waals surface area contributed by atoms with Crippen molar-refractivity contribution in [2.24, 2.45) is 5.92 Å². The highest BCUT2D eigenvalue weighted by Crippen LogP contribution is 2.25. The van der Waals surface area contributed by atoms with Crippen molar-refractivity contribution in [1.82, 2.24) is 24.6 Å². The molecule has 0 saturated carbocycles. The van der Waals surface area contributed by atoms with E-state index in [1.165, 1.54) is 0 Å². The summed E-state index contributed by atoms with van der Waals surface area (Å²) in [4.78, 5) is 23.4. The van der Waals surface area contributed by atoms with Crippen molar-refractivity contribution in [3.8, 4) is 11.4 Å². The molecule has 0 N–H and O–H groups in total. The maximum absolute atomic E-state index is 12.8. The lowest BCUT2D eigenvalue weighted by Gasteiger charge is -2.18. The Labute approximate surface area is 164 Å². The second-order valence-electron chi connectivity index (χ2n) is 7.54. The first-order valence-electron chi connectivity index (χ1n) is 9.65. The number of likely N-dealkylation sites (tertiary alicyclic amines) is 1. The lowest BCUT2D eigenvalue weighted by molar-refractivity contribution is -0.129. The Morgan fingerprint density at radius 1 is 1.25 bits per heavy atom. The molecule has 3 aromatic heterocycles. The average molecular weight is 379 g/mol. The fraction of sp³-hybridized carbons (Fsp3) is 0.429. The van der Waals surface area contributed by atoms with Crippen LogP contribution in [0.2, 0.25) is 0 Å². The van der Waals surface area contributed by atoms with Crippen LogP contribution >= 0.6 is 0 Å². The summed E-state index contributed by atoms with van der Waals surface area (Å²) >= 11 is 0. The number of imidazole rings is 1. The first-order chi connectivity index (χ1) is 13.5. The van der Waals surface area contributed by atoms with E-state index in [4.69, 9.17) is 4.52 Å². The van der Waals surface area contributed by atoms with Gasteiger partial charge < -0.3 is 14.0 Å².